The van der Waals surface area contributed by atoms with Crippen LogP contribution in [-0.4, -0.2) is 24.1 Å². The van der Waals surface area contributed by atoms with E-state index in [1.807, 2.05) is 36.4 Å². The van der Waals surface area contributed by atoms with Crippen molar-refractivity contribution in [3.05, 3.63) is 108 Å². The van der Waals surface area contributed by atoms with Gasteiger partial charge in [0.15, 0.2) is 5.82 Å². The van der Waals surface area contributed by atoms with Crippen LogP contribution in [0.25, 0.3) is 0 Å². The summed E-state index contributed by atoms with van der Waals surface area (Å²) in [5.74, 6) is -0.0455. The third kappa shape index (κ3) is 4.70. The Morgan fingerprint density at radius 1 is 0.938 bits per heavy atom. The molecule has 32 heavy (non-hydrogen) atoms. The highest BCUT2D eigenvalue weighted by Crippen LogP contribution is 2.26. The molecule has 0 radical (unpaired) electrons. The van der Waals surface area contributed by atoms with Gasteiger partial charge < -0.3 is 5.32 Å². The van der Waals surface area contributed by atoms with Crippen LogP contribution in [0.4, 0.5) is 11.5 Å². The zero-order valence-electron chi connectivity index (χ0n) is 17.4. The van der Waals surface area contributed by atoms with Crippen LogP contribution in [0.5, 0.6) is 0 Å². The van der Waals surface area contributed by atoms with Crippen LogP contribution in [0.3, 0.4) is 0 Å². The van der Waals surface area contributed by atoms with Gasteiger partial charge in [0.2, 0.25) is 0 Å². The monoisotopic (exact) mass is 446 g/mol. The maximum atomic E-state index is 13.7. The molecule has 1 heterocycles. The van der Waals surface area contributed by atoms with Crippen LogP contribution in [0.15, 0.2) is 102 Å². The maximum absolute atomic E-state index is 13.7. The number of nitrogens with zero attached hydrogens (tertiary/aromatic N) is 3. The molecule has 4 aromatic rings. The van der Waals surface area contributed by atoms with E-state index in [2.05, 4.69) is 10.4 Å². The standard InChI is InChI=1S/C24H22N4O3S/c1-27-16-15-23(26-27)25-24(29)20-11-8-14-22(17-20)32(30,31)28(21-12-6-3-7-13-21)18-19-9-4-2-5-10-19/h2-17H,18H2,1H3,(H,25,26,29). The molecular formula is C24H22N4O3S. The molecule has 7 nitrogen and oxygen atoms in total. The fourth-order valence-corrected chi connectivity index (χ4v) is 4.75. The third-order valence-electron chi connectivity index (χ3n) is 4.85. The largest absolute Gasteiger partial charge is 0.305 e. The number of anilines is 2. The van der Waals surface area contributed by atoms with Gasteiger partial charge in [-0.1, -0.05) is 54.6 Å². The van der Waals surface area contributed by atoms with Crippen LogP contribution in [-0.2, 0) is 23.6 Å². The number of amides is 1. The second-order valence-corrected chi connectivity index (χ2v) is 9.05. The summed E-state index contributed by atoms with van der Waals surface area (Å²) in [5, 5.41) is 6.80. The molecule has 0 aliphatic heterocycles. The number of benzene rings is 3. The molecule has 0 saturated carbocycles. The Morgan fingerprint density at radius 3 is 2.28 bits per heavy atom. The lowest BCUT2D eigenvalue weighted by molar-refractivity contribution is 0.102. The minimum absolute atomic E-state index is 0.0333. The summed E-state index contributed by atoms with van der Waals surface area (Å²) < 4.78 is 30.2. The van der Waals surface area contributed by atoms with E-state index in [1.54, 1.807) is 60.4 Å². The minimum Gasteiger partial charge on any atom is -0.305 e. The number of aromatic nitrogens is 2. The molecule has 1 aromatic heterocycles. The highest BCUT2D eigenvalue weighted by molar-refractivity contribution is 7.92. The van der Waals surface area contributed by atoms with Crippen LogP contribution in [0.2, 0.25) is 0 Å². The number of nitrogens with one attached hydrogen (secondary N) is 1. The summed E-state index contributed by atoms with van der Waals surface area (Å²) in [6.07, 6.45) is 1.71. The van der Waals surface area contributed by atoms with Crippen molar-refractivity contribution in [3.8, 4) is 0 Å². The molecule has 162 valence electrons. The van der Waals surface area contributed by atoms with Crippen molar-refractivity contribution >= 4 is 27.4 Å². The fourth-order valence-electron chi connectivity index (χ4n) is 3.25. The van der Waals surface area contributed by atoms with E-state index in [9.17, 15) is 13.2 Å². The van der Waals surface area contributed by atoms with Gasteiger partial charge in [0.1, 0.15) is 0 Å². The number of para-hydroxylation sites is 1. The number of sulfonamides is 1. The van der Waals surface area contributed by atoms with Crippen molar-refractivity contribution in [1.82, 2.24) is 9.78 Å². The highest BCUT2D eigenvalue weighted by Gasteiger charge is 2.26. The summed E-state index contributed by atoms with van der Waals surface area (Å²) in [5.41, 5.74) is 1.62. The zero-order chi connectivity index (χ0) is 22.6. The number of carbonyl (C=O) groups is 1. The van der Waals surface area contributed by atoms with Crippen LogP contribution in [0.1, 0.15) is 15.9 Å². The molecule has 0 aliphatic carbocycles. The first-order chi connectivity index (χ1) is 15.4. The van der Waals surface area contributed by atoms with E-state index in [0.717, 1.165) is 5.56 Å². The molecule has 1 amide bonds. The molecule has 0 bridgehead atoms. The fraction of sp³-hybridized carbons (Fsp3) is 0.0833. The molecule has 0 spiro atoms. The van der Waals surface area contributed by atoms with Crippen LogP contribution >= 0.6 is 0 Å². The quantitative estimate of drug-likeness (QED) is 0.464. The van der Waals surface area contributed by atoms with Gasteiger partial charge in [-0.2, -0.15) is 5.10 Å². The van der Waals surface area contributed by atoms with Crippen molar-refractivity contribution in [1.29, 1.82) is 0 Å². The van der Waals surface area contributed by atoms with Crippen molar-refractivity contribution in [2.24, 2.45) is 7.05 Å². The van der Waals surface area contributed by atoms with Gasteiger partial charge >= 0.3 is 0 Å². The summed E-state index contributed by atoms with van der Waals surface area (Å²) in [4.78, 5) is 12.7. The molecular weight excluding hydrogens is 424 g/mol. The third-order valence-corrected chi connectivity index (χ3v) is 6.62. The topological polar surface area (TPSA) is 84.3 Å². The molecule has 4 rings (SSSR count). The summed E-state index contributed by atoms with van der Waals surface area (Å²) in [6, 6.07) is 26.0. The lowest BCUT2D eigenvalue weighted by Crippen LogP contribution is -2.30. The first kappa shape index (κ1) is 21.3. The van der Waals surface area contributed by atoms with E-state index in [-0.39, 0.29) is 17.0 Å². The Hall–Kier alpha value is -3.91. The second-order valence-electron chi connectivity index (χ2n) is 7.19. The first-order valence-electron chi connectivity index (χ1n) is 9.96. The van der Waals surface area contributed by atoms with Crippen molar-refractivity contribution in [2.45, 2.75) is 11.4 Å². The van der Waals surface area contributed by atoms with E-state index in [4.69, 9.17) is 0 Å². The van der Waals surface area contributed by atoms with E-state index in [0.29, 0.717) is 11.5 Å². The molecule has 0 fully saturated rings. The van der Waals surface area contributed by atoms with Crippen LogP contribution < -0.4 is 9.62 Å². The predicted octanol–water partition coefficient (Wildman–Crippen LogP) is 4.07. The Balaban J connectivity index is 1.68. The van der Waals surface area contributed by atoms with Gasteiger partial charge in [0.25, 0.3) is 15.9 Å². The molecule has 8 heteroatoms. The smallest absolute Gasteiger partial charge is 0.264 e. The summed E-state index contributed by atoms with van der Waals surface area (Å²) >= 11 is 0. The Morgan fingerprint density at radius 2 is 1.62 bits per heavy atom. The van der Waals surface area contributed by atoms with Gasteiger partial charge in [-0.25, -0.2) is 8.42 Å². The zero-order valence-corrected chi connectivity index (χ0v) is 18.2. The average molecular weight is 447 g/mol. The van der Waals surface area contributed by atoms with Gasteiger partial charge in [-0.3, -0.25) is 13.8 Å². The average Bonchev–Trinajstić information content (AvgIpc) is 3.23. The SMILES string of the molecule is Cn1ccc(NC(=O)c2cccc(S(=O)(=O)N(Cc3ccccc3)c3ccccc3)c2)n1. The van der Waals surface area contributed by atoms with Crippen molar-refractivity contribution < 1.29 is 13.2 Å². The maximum Gasteiger partial charge on any atom is 0.264 e. The van der Waals surface area contributed by atoms with Crippen molar-refractivity contribution in [3.63, 3.8) is 0 Å². The normalized spacial score (nSPS) is 11.2. The summed E-state index contributed by atoms with van der Waals surface area (Å²) in [6.45, 7) is 0.164. The van der Waals surface area contributed by atoms with E-state index in [1.165, 1.54) is 16.4 Å². The van der Waals surface area contributed by atoms with Crippen molar-refractivity contribution in [2.75, 3.05) is 9.62 Å². The van der Waals surface area contributed by atoms with Gasteiger partial charge in [0, 0.05) is 24.9 Å². The number of hydrogen-bond acceptors (Lipinski definition) is 4. The first-order valence-corrected chi connectivity index (χ1v) is 11.4. The summed E-state index contributed by atoms with van der Waals surface area (Å²) in [7, 11) is -2.20. The highest BCUT2D eigenvalue weighted by atomic mass is 32.2. The Kier molecular flexibility index (Phi) is 6.04. The number of carbonyl (C=O) groups excluding carboxylic acids is 1. The van der Waals surface area contributed by atoms with Gasteiger partial charge in [-0.15, -0.1) is 0 Å². The number of rotatable bonds is 7. The molecule has 3 aromatic carbocycles. The lowest BCUT2D eigenvalue weighted by Gasteiger charge is -2.25. The van der Waals surface area contributed by atoms with E-state index >= 15 is 0 Å². The minimum atomic E-state index is -3.94. The molecule has 0 saturated heterocycles. The molecule has 0 atom stereocenters. The van der Waals surface area contributed by atoms with Gasteiger partial charge in [-0.05, 0) is 35.9 Å². The Labute approximate surface area is 187 Å². The predicted molar refractivity (Wildman–Crippen MR) is 124 cm³/mol. The van der Waals surface area contributed by atoms with Gasteiger partial charge in [0.05, 0.1) is 17.1 Å². The number of hydrogen-bond donors (Lipinski definition) is 1. The molecule has 1 N–H and O–H groups in total. The molecule has 0 unspecified atom stereocenters. The van der Waals surface area contributed by atoms with Crippen LogP contribution in [0, 0.1) is 0 Å². The number of aryl methyl sites for hydroxylation is 1. The Bertz CT molecular complexity index is 1320. The molecule has 0 aliphatic rings. The second kappa shape index (κ2) is 9.07. The van der Waals surface area contributed by atoms with E-state index < -0.39 is 15.9 Å². The lowest BCUT2D eigenvalue weighted by atomic mass is 10.2.